The largest absolute Gasteiger partial charge is 0.496 e. The third-order valence-electron chi connectivity index (χ3n) is 3.11. The van der Waals surface area contributed by atoms with Crippen molar-refractivity contribution in [1.29, 1.82) is 0 Å². The van der Waals surface area contributed by atoms with Gasteiger partial charge in [-0.15, -0.1) is 0 Å². The van der Waals surface area contributed by atoms with Gasteiger partial charge < -0.3 is 9.15 Å². The van der Waals surface area contributed by atoms with Crippen LogP contribution in [0.25, 0.3) is 11.1 Å². The number of oxazole rings is 1. The first-order valence-corrected chi connectivity index (χ1v) is 6.10. The second-order valence-electron chi connectivity index (χ2n) is 4.37. The number of hydrogen-bond donors (Lipinski definition) is 1. The van der Waals surface area contributed by atoms with E-state index in [0.717, 1.165) is 0 Å². The summed E-state index contributed by atoms with van der Waals surface area (Å²) in [6, 6.07) is 8.56. The van der Waals surface area contributed by atoms with Crippen LogP contribution in [0.1, 0.15) is 15.9 Å². The van der Waals surface area contributed by atoms with Crippen LogP contribution in [0.2, 0.25) is 0 Å². The molecule has 1 N–H and O–H groups in total. The lowest BCUT2D eigenvalue weighted by atomic mass is 10.0. The Labute approximate surface area is 118 Å². The van der Waals surface area contributed by atoms with Gasteiger partial charge in [-0.25, -0.2) is 9.18 Å². The molecule has 106 valence electrons. The van der Waals surface area contributed by atoms with Gasteiger partial charge in [-0.2, -0.15) is 0 Å². The molecule has 0 amide bonds. The summed E-state index contributed by atoms with van der Waals surface area (Å²) in [6.45, 7) is 0. The highest BCUT2D eigenvalue weighted by atomic mass is 19.1. The quantitative estimate of drug-likeness (QED) is 0.751. The highest BCUT2D eigenvalue weighted by molar-refractivity contribution is 6.11. The molecule has 0 aliphatic carbocycles. The number of fused-ring (bicyclic) bond motifs is 1. The monoisotopic (exact) mass is 287 g/mol. The van der Waals surface area contributed by atoms with E-state index in [9.17, 15) is 14.0 Å². The predicted molar refractivity (Wildman–Crippen MR) is 73.2 cm³/mol. The summed E-state index contributed by atoms with van der Waals surface area (Å²) in [5.74, 6) is -1.68. The van der Waals surface area contributed by atoms with Crippen LogP contribution in [0, 0.1) is 5.82 Å². The Bertz CT molecular complexity index is 894. The zero-order valence-corrected chi connectivity index (χ0v) is 11.0. The molecule has 6 heteroatoms. The molecule has 1 aromatic heterocycles. The number of ether oxygens (including phenoxy) is 1. The van der Waals surface area contributed by atoms with E-state index in [0.29, 0.717) is 5.52 Å². The van der Waals surface area contributed by atoms with Gasteiger partial charge in [-0.3, -0.25) is 9.78 Å². The Kier molecular flexibility index (Phi) is 3.06. The van der Waals surface area contributed by atoms with Gasteiger partial charge in [0.15, 0.2) is 11.4 Å². The molecule has 0 unspecified atom stereocenters. The number of carbonyl (C=O) groups excluding carboxylic acids is 1. The van der Waals surface area contributed by atoms with Crippen molar-refractivity contribution >= 4 is 16.9 Å². The number of rotatable bonds is 3. The molecule has 1 heterocycles. The lowest BCUT2D eigenvalue weighted by molar-refractivity contribution is 0.103. The number of nitrogens with one attached hydrogen (secondary N) is 1. The molecule has 21 heavy (non-hydrogen) atoms. The van der Waals surface area contributed by atoms with Crippen molar-refractivity contribution in [1.82, 2.24) is 4.98 Å². The van der Waals surface area contributed by atoms with Crippen molar-refractivity contribution in [3.63, 3.8) is 0 Å². The maximum absolute atomic E-state index is 13.9. The van der Waals surface area contributed by atoms with Crippen molar-refractivity contribution in [2.75, 3.05) is 7.11 Å². The molecule has 0 atom stereocenters. The molecular formula is C15H10FNO4. The molecule has 0 radical (unpaired) electrons. The van der Waals surface area contributed by atoms with Gasteiger partial charge in [0.2, 0.25) is 0 Å². The number of aromatic amines is 1. The lowest BCUT2D eigenvalue weighted by Crippen LogP contribution is -2.06. The van der Waals surface area contributed by atoms with Crippen LogP contribution >= 0.6 is 0 Å². The number of aromatic nitrogens is 1. The highest BCUT2D eigenvalue weighted by Crippen LogP contribution is 2.25. The standard InChI is InChI=1S/C15H10FNO4/c1-20-11-4-2-3-9(16)13(11)14(18)8-5-6-10-12(7-8)21-15(19)17-10/h2-7H,1H3,(H,17,19). The molecule has 0 bridgehead atoms. The maximum Gasteiger partial charge on any atom is 0.417 e. The van der Waals surface area contributed by atoms with Crippen LogP contribution < -0.4 is 10.5 Å². The van der Waals surface area contributed by atoms with Gasteiger partial charge in [0, 0.05) is 5.56 Å². The molecule has 0 saturated heterocycles. The molecule has 0 spiro atoms. The van der Waals surface area contributed by atoms with Gasteiger partial charge in [-0.1, -0.05) is 6.07 Å². The average molecular weight is 287 g/mol. The Morgan fingerprint density at radius 3 is 2.86 bits per heavy atom. The molecular weight excluding hydrogens is 277 g/mol. The van der Waals surface area contributed by atoms with Crippen LogP contribution in [0.15, 0.2) is 45.6 Å². The molecule has 3 rings (SSSR count). The predicted octanol–water partition coefficient (Wildman–Crippen LogP) is 2.50. The SMILES string of the molecule is COc1cccc(F)c1C(=O)c1ccc2[nH]c(=O)oc2c1. The summed E-state index contributed by atoms with van der Waals surface area (Å²) in [6.07, 6.45) is 0. The summed E-state index contributed by atoms with van der Waals surface area (Å²) in [7, 11) is 1.36. The minimum Gasteiger partial charge on any atom is -0.496 e. The Morgan fingerprint density at radius 2 is 2.10 bits per heavy atom. The smallest absolute Gasteiger partial charge is 0.417 e. The van der Waals surface area contributed by atoms with Crippen molar-refractivity contribution in [3.05, 3.63) is 63.9 Å². The summed E-state index contributed by atoms with van der Waals surface area (Å²) < 4.78 is 23.8. The number of methoxy groups -OCH3 is 1. The van der Waals surface area contributed by atoms with Crippen molar-refractivity contribution in [2.24, 2.45) is 0 Å². The summed E-state index contributed by atoms with van der Waals surface area (Å²) in [5.41, 5.74) is 0.754. The third-order valence-corrected chi connectivity index (χ3v) is 3.11. The molecule has 0 saturated carbocycles. The molecule has 5 nitrogen and oxygen atoms in total. The molecule has 3 aromatic rings. The lowest BCUT2D eigenvalue weighted by Gasteiger charge is -2.08. The zero-order valence-electron chi connectivity index (χ0n) is 11.0. The number of benzene rings is 2. The van der Waals surface area contributed by atoms with Gasteiger partial charge >= 0.3 is 5.76 Å². The average Bonchev–Trinajstić information content (AvgIpc) is 2.85. The summed E-state index contributed by atoms with van der Waals surface area (Å²) in [5, 5.41) is 0. The fourth-order valence-electron chi connectivity index (χ4n) is 2.13. The van der Waals surface area contributed by atoms with E-state index in [-0.39, 0.29) is 22.5 Å². The maximum atomic E-state index is 13.9. The Hall–Kier alpha value is -2.89. The van der Waals surface area contributed by atoms with Crippen LogP contribution in [-0.4, -0.2) is 17.9 Å². The Balaban J connectivity index is 2.14. The number of carbonyl (C=O) groups is 1. The van der Waals surface area contributed by atoms with Crippen LogP contribution in [0.3, 0.4) is 0 Å². The normalized spacial score (nSPS) is 10.8. The number of halogens is 1. The first kappa shape index (κ1) is 13.1. The fourth-order valence-corrected chi connectivity index (χ4v) is 2.13. The second-order valence-corrected chi connectivity index (χ2v) is 4.37. The summed E-state index contributed by atoms with van der Waals surface area (Å²) >= 11 is 0. The third kappa shape index (κ3) is 2.20. The molecule has 0 aliphatic heterocycles. The number of hydrogen-bond acceptors (Lipinski definition) is 4. The zero-order chi connectivity index (χ0) is 15.0. The van der Waals surface area contributed by atoms with Gasteiger partial charge in [-0.05, 0) is 30.3 Å². The van der Waals surface area contributed by atoms with E-state index in [2.05, 4.69) is 4.98 Å². The van der Waals surface area contributed by atoms with Crippen LogP contribution in [-0.2, 0) is 0 Å². The summed E-state index contributed by atoms with van der Waals surface area (Å²) in [4.78, 5) is 26.0. The molecule has 2 aromatic carbocycles. The van der Waals surface area contributed by atoms with Crippen molar-refractivity contribution < 1.29 is 18.3 Å². The van der Waals surface area contributed by atoms with Crippen molar-refractivity contribution in [2.45, 2.75) is 0 Å². The van der Waals surface area contributed by atoms with Crippen LogP contribution in [0.4, 0.5) is 4.39 Å². The van der Waals surface area contributed by atoms with Gasteiger partial charge in [0.05, 0.1) is 12.6 Å². The topological polar surface area (TPSA) is 72.3 Å². The highest BCUT2D eigenvalue weighted by Gasteiger charge is 2.20. The minimum atomic E-state index is -0.671. The first-order valence-electron chi connectivity index (χ1n) is 6.10. The number of ketones is 1. The second kappa shape index (κ2) is 4.90. The molecule has 0 fully saturated rings. The van der Waals surface area contributed by atoms with Gasteiger partial charge in [0.1, 0.15) is 17.1 Å². The van der Waals surface area contributed by atoms with Crippen molar-refractivity contribution in [3.8, 4) is 5.75 Å². The van der Waals surface area contributed by atoms with E-state index in [1.54, 1.807) is 0 Å². The van der Waals surface area contributed by atoms with E-state index >= 15 is 0 Å². The fraction of sp³-hybridized carbons (Fsp3) is 0.0667. The number of H-pyrrole nitrogens is 1. The van der Waals surface area contributed by atoms with Crippen LogP contribution in [0.5, 0.6) is 5.75 Å². The van der Waals surface area contributed by atoms with E-state index < -0.39 is 17.4 Å². The van der Waals surface area contributed by atoms with Gasteiger partial charge in [0.25, 0.3) is 0 Å². The molecule has 0 aliphatic rings. The van der Waals surface area contributed by atoms with E-state index in [1.165, 1.54) is 43.5 Å². The first-order chi connectivity index (χ1) is 10.1. The Morgan fingerprint density at radius 1 is 1.29 bits per heavy atom. The minimum absolute atomic E-state index is 0.149. The van der Waals surface area contributed by atoms with E-state index in [4.69, 9.17) is 9.15 Å². The van der Waals surface area contributed by atoms with E-state index in [1.807, 2.05) is 0 Å².